The predicted molar refractivity (Wildman–Crippen MR) is 74.2 cm³/mol. The van der Waals surface area contributed by atoms with Crippen molar-refractivity contribution in [3.8, 4) is 5.75 Å². The molecule has 2 aromatic carbocycles. The van der Waals surface area contributed by atoms with E-state index in [1.165, 1.54) is 24.3 Å². The third kappa shape index (κ3) is 3.17. The quantitative estimate of drug-likeness (QED) is 0.811. The van der Waals surface area contributed by atoms with Crippen LogP contribution in [0.3, 0.4) is 0 Å². The van der Waals surface area contributed by atoms with Crippen molar-refractivity contribution in [2.24, 2.45) is 0 Å². The lowest BCUT2D eigenvalue weighted by molar-refractivity contribution is 0.0696. The number of phenols is 1. The van der Waals surface area contributed by atoms with Crippen molar-refractivity contribution < 1.29 is 24.2 Å². The summed E-state index contributed by atoms with van der Waals surface area (Å²) >= 11 is 0. The summed E-state index contributed by atoms with van der Waals surface area (Å²) in [4.78, 5) is 22.6. The Morgan fingerprint density at radius 3 is 2.33 bits per heavy atom. The number of benzene rings is 2. The van der Waals surface area contributed by atoms with Gasteiger partial charge in [-0.25, -0.2) is 9.18 Å². The molecule has 3 N–H and O–H groups in total. The van der Waals surface area contributed by atoms with E-state index < -0.39 is 17.7 Å². The molecule has 0 heterocycles. The molecule has 2 rings (SSSR count). The van der Waals surface area contributed by atoms with Crippen LogP contribution in [0.15, 0.2) is 36.4 Å². The largest absolute Gasteiger partial charge is 0.508 e. The zero-order chi connectivity index (χ0) is 15.6. The zero-order valence-electron chi connectivity index (χ0n) is 11.1. The molecule has 1 amide bonds. The lowest BCUT2D eigenvalue weighted by Crippen LogP contribution is -2.13. The standard InChI is InChI=1S/C15H12FNO4/c1-8-2-3-9(7-13(8)18)14(19)17-12-5-4-10(15(20)21)6-11(12)16/h2-7,18H,1H3,(H,17,19)(H,20,21). The lowest BCUT2D eigenvalue weighted by atomic mass is 10.1. The molecule has 6 heteroatoms. The van der Waals surface area contributed by atoms with Crippen molar-refractivity contribution >= 4 is 17.6 Å². The molecule has 0 aliphatic carbocycles. The molecule has 0 saturated carbocycles. The van der Waals surface area contributed by atoms with Gasteiger partial charge in [0.15, 0.2) is 0 Å². The van der Waals surface area contributed by atoms with E-state index in [4.69, 9.17) is 5.11 Å². The van der Waals surface area contributed by atoms with Crippen LogP contribution in [0.1, 0.15) is 26.3 Å². The van der Waals surface area contributed by atoms with Gasteiger partial charge >= 0.3 is 5.97 Å². The summed E-state index contributed by atoms with van der Waals surface area (Å²) < 4.78 is 13.7. The molecule has 0 spiro atoms. The number of anilines is 1. The van der Waals surface area contributed by atoms with E-state index in [9.17, 15) is 19.1 Å². The van der Waals surface area contributed by atoms with Gasteiger partial charge in [-0.2, -0.15) is 0 Å². The summed E-state index contributed by atoms with van der Waals surface area (Å²) in [6.45, 7) is 1.68. The maximum absolute atomic E-state index is 13.7. The molecule has 0 radical (unpaired) electrons. The molecular weight excluding hydrogens is 277 g/mol. The van der Waals surface area contributed by atoms with Crippen molar-refractivity contribution in [1.82, 2.24) is 0 Å². The third-order valence-electron chi connectivity index (χ3n) is 2.94. The number of rotatable bonds is 3. The average Bonchev–Trinajstić information content (AvgIpc) is 2.43. The molecule has 0 atom stereocenters. The van der Waals surface area contributed by atoms with Crippen molar-refractivity contribution in [2.75, 3.05) is 5.32 Å². The third-order valence-corrected chi connectivity index (χ3v) is 2.94. The summed E-state index contributed by atoms with van der Waals surface area (Å²) in [7, 11) is 0. The number of aromatic hydroxyl groups is 1. The van der Waals surface area contributed by atoms with Crippen molar-refractivity contribution in [1.29, 1.82) is 0 Å². The molecule has 0 aliphatic heterocycles. The highest BCUT2D eigenvalue weighted by Crippen LogP contribution is 2.20. The highest BCUT2D eigenvalue weighted by atomic mass is 19.1. The van der Waals surface area contributed by atoms with Crippen molar-refractivity contribution in [2.45, 2.75) is 6.92 Å². The van der Waals surface area contributed by atoms with E-state index in [0.29, 0.717) is 5.56 Å². The Morgan fingerprint density at radius 1 is 1.10 bits per heavy atom. The first-order chi connectivity index (χ1) is 9.88. The molecule has 0 aromatic heterocycles. The second-order valence-corrected chi connectivity index (χ2v) is 4.46. The number of amides is 1. The number of aromatic carboxylic acids is 1. The van der Waals surface area contributed by atoms with Gasteiger partial charge in [0.2, 0.25) is 0 Å². The van der Waals surface area contributed by atoms with Gasteiger partial charge in [-0.05, 0) is 42.8 Å². The number of carbonyl (C=O) groups is 2. The van der Waals surface area contributed by atoms with Crippen LogP contribution < -0.4 is 5.32 Å². The second-order valence-electron chi connectivity index (χ2n) is 4.46. The van der Waals surface area contributed by atoms with Crippen LogP contribution >= 0.6 is 0 Å². The molecule has 0 unspecified atom stereocenters. The van der Waals surface area contributed by atoms with E-state index in [1.807, 2.05) is 0 Å². The zero-order valence-corrected chi connectivity index (χ0v) is 11.1. The minimum absolute atomic E-state index is 0.0376. The SMILES string of the molecule is Cc1ccc(C(=O)Nc2ccc(C(=O)O)cc2F)cc1O. The highest BCUT2D eigenvalue weighted by molar-refractivity contribution is 6.04. The minimum atomic E-state index is -1.25. The van der Waals surface area contributed by atoms with E-state index in [0.717, 1.165) is 6.07 Å². The summed E-state index contributed by atoms with van der Waals surface area (Å²) in [6, 6.07) is 7.51. The molecule has 2 aromatic rings. The number of aryl methyl sites for hydroxylation is 1. The fourth-order valence-corrected chi connectivity index (χ4v) is 1.69. The Kier molecular flexibility index (Phi) is 3.89. The van der Waals surface area contributed by atoms with Crippen molar-refractivity contribution in [3.63, 3.8) is 0 Å². The first-order valence-corrected chi connectivity index (χ1v) is 6.02. The monoisotopic (exact) mass is 289 g/mol. The van der Waals surface area contributed by atoms with Gasteiger partial charge in [0.05, 0.1) is 11.3 Å². The lowest BCUT2D eigenvalue weighted by Gasteiger charge is -2.08. The number of carboxylic acids is 1. The Morgan fingerprint density at radius 2 is 1.76 bits per heavy atom. The van der Waals surface area contributed by atoms with E-state index in [-0.39, 0.29) is 22.6 Å². The molecule has 0 saturated heterocycles. The number of hydrogen-bond acceptors (Lipinski definition) is 3. The summed E-state index contributed by atoms with van der Waals surface area (Å²) in [5.74, 6) is -2.74. The van der Waals surface area contributed by atoms with Crippen LogP contribution in [0.4, 0.5) is 10.1 Å². The van der Waals surface area contributed by atoms with Gasteiger partial charge in [0.1, 0.15) is 11.6 Å². The van der Waals surface area contributed by atoms with Crippen LogP contribution in [0.5, 0.6) is 5.75 Å². The Bertz CT molecular complexity index is 728. The Hall–Kier alpha value is -2.89. The van der Waals surface area contributed by atoms with Gasteiger partial charge in [-0.3, -0.25) is 4.79 Å². The molecule has 5 nitrogen and oxygen atoms in total. The molecule has 21 heavy (non-hydrogen) atoms. The van der Waals surface area contributed by atoms with Crippen LogP contribution in [-0.4, -0.2) is 22.1 Å². The topological polar surface area (TPSA) is 86.6 Å². The summed E-state index contributed by atoms with van der Waals surface area (Å²) in [5, 5.41) is 20.6. The van der Waals surface area contributed by atoms with Crippen LogP contribution in [0, 0.1) is 12.7 Å². The predicted octanol–water partition coefficient (Wildman–Crippen LogP) is 2.79. The number of hydrogen-bond donors (Lipinski definition) is 3. The molecule has 0 bridgehead atoms. The normalized spacial score (nSPS) is 10.2. The number of nitrogens with one attached hydrogen (secondary N) is 1. The fourth-order valence-electron chi connectivity index (χ4n) is 1.69. The maximum atomic E-state index is 13.7. The highest BCUT2D eigenvalue weighted by Gasteiger charge is 2.13. The fraction of sp³-hybridized carbons (Fsp3) is 0.0667. The number of carbonyl (C=O) groups excluding carboxylic acids is 1. The first kappa shape index (κ1) is 14.5. The molecule has 0 aliphatic rings. The Balaban J connectivity index is 2.23. The van der Waals surface area contributed by atoms with E-state index >= 15 is 0 Å². The van der Waals surface area contributed by atoms with Crippen LogP contribution in [0.2, 0.25) is 0 Å². The molecule has 108 valence electrons. The average molecular weight is 289 g/mol. The van der Waals surface area contributed by atoms with Crippen molar-refractivity contribution in [3.05, 3.63) is 58.9 Å². The van der Waals surface area contributed by atoms with Gasteiger partial charge in [0.25, 0.3) is 5.91 Å². The number of halogens is 1. The van der Waals surface area contributed by atoms with Gasteiger partial charge in [-0.1, -0.05) is 6.07 Å². The first-order valence-electron chi connectivity index (χ1n) is 6.02. The summed E-state index contributed by atoms with van der Waals surface area (Å²) in [5.41, 5.74) is 0.437. The maximum Gasteiger partial charge on any atom is 0.335 e. The number of phenolic OH excluding ortho intramolecular Hbond substituents is 1. The van der Waals surface area contributed by atoms with Crippen LogP contribution in [0.25, 0.3) is 0 Å². The van der Waals surface area contributed by atoms with Gasteiger partial charge in [0, 0.05) is 5.56 Å². The van der Waals surface area contributed by atoms with E-state index in [2.05, 4.69) is 5.32 Å². The molecule has 0 fully saturated rings. The van der Waals surface area contributed by atoms with Gasteiger partial charge < -0.3 is 15.5 Å². The van der Waals surface area contributed by atoms with Crippen LogP contribution in [-0.2, 0) is 0 Å². The summed E-state index contributed by atoms with van der Waals surface area (Å²) in [6.07, 6.45) is 0. The Labute approximate surface area is 119 Å². The smallest absolute Gasteiger partial charge is 0.335 e. The second kappa shape index (κ2) is 5.62. The van der Waals surface area contributed by atoms with Gasteiger partial charge in [-0.15, -0.1) is 0 Å². The minimum Gasteiger partial charge on any atom is -0.508 e. The number of carboxylic acid groups (broad SMARTS) is 1. The molecular formula is C15H12FNO4. The van der Waals surface area contributed by atoms with E-state index in [1.54, 1.807) is 13.0 Å².